The number of hydrogen-bond donors (Lipinski definition) is 0. The first-order chi connectivity index (χ1) is 12.1. The van der Waals surface area contributed by atoms with Crippen LogP contribution in [-0.4, -0.2) is 37.7 Å². The maximum Gasteiger partial charge on any atom is 0.176 e. The summed E-state index contributed by atoms with van der Waals surface area (Å²) in [6.07, 6.45) is 5.33. The van der Waals surface area contributed by atoms with Gasteiger partial charge in [-0.2, -0.15) is 5.10 Å². The molecule has 0 radical (unpaired) electrons. The Hall–Kier alpha value is -2.41. The Morgan fingerprint density at radius 2 is 2.04 bits per heavy atom. The van der Waals surface area contributed by atoms with E-state index in [0.717, 1.165) is 48.9 Å². The van der Waals surface area contributed by atoms with Gasteiger partial charge >= 0.3 is 0 Å². The molecule has 0 bridgehead atoms. The van der Waals surface area contributed by atoms with Crippen molar-refractivity contribution >= 4 is 11.2 Å². The fraction of sp³-hybridized carbons (Fsp3) is 0.389. The van der Waals surface area contributed by atoms with Gasteiger partial charge in [0.1, 0.15) is 17.2 Å². The molecule has 3 heterocycles. The Kier molecular flexibility index (Phi) is 4.17. The second-order valence-electron chi connectivity index (χ2n) is 6.55. The molecule has 130 valence electrons. The fourth-order valence-corrected chi connectivity index (χ4v) is 3.61. The number of hydrogen-bond acceptors (Lipinski definition) is 4. The predicted molar refractivity (Wildman–Crippen MR) is 89.9 cm³/mol. The van der Waals surface area contributed by atoms with Crippen molar-refractivity contribution in [2.45, 2.75) is 25.3 Å². The molecule has 7 heteroatoms. The summed E-state index contributed by atoms with van der Waals surface area (Å²) in [6, 6.07) is 3.62. The molecular formula is C18H19F2N5. The van der Waals surface area contributed by atoms with Crippen molar-refractivity contribution in [1.29, 1.82) is 0 Å². The summed E-state index contributed by atoms with van der Waals surface area (Å²) in [5.41, 5.74) is 2.93. The van der Waals surface area contributed by atoms with E-state index in [2.05, 4.69) is 20.0 Å². The monoisotopic (exact) mass is 343 g/mol. The molecule has 0 N–H and O–H groups in total. The van der Waals surface area contributed by atoms with Crippen LogP contribution in [0.1, 0.15) is 30.0 Å². The second-order valence-corrected chi connectivity index (χ2v) is 6.55. The Balaban J connectivity index is 1.57. The number of piperidine rings is 1. The molecule has 0 unspecified atom stereocenters. The van der Waals surface area contributed by atoms with Crippen molar-refractivity contribution in [3.63, 3.8) is 0 Å². The zero-order chi connectivity index (χ0) is 17.4. The molecule has 4 rings (SSSR count). The lowest BCUT2D eigenvalue weighted by Crippen LogP contribution is -2.34. The van der Waals surface area contributed by atoms with Crippen LogP contribution in [0.5, 0.6) is 0 Å². The Bertz CT molecular complexity index is 908. The highest BCUT2D eigenvalue weighted by Crippen LogP contribution is 2.30. The quantitative estimate of drug-likeness (QED) is 0.733. The van der Waals surface area contributed by atoms with Gasteiger partial charge < -0.3 is 0 Å². The average Bonchev–Trinajstić information content (AvgIpc) is 2.96. The lowest BCUT2D eigenvalue weighted by Gasteiger charge is -2.32. The molecule has 1 aromatic carbocycles. The van der Waals surface area contributed by atoms with Crippen LogP contribution in [0, 0.1) is 11.6 Å². The van der Waals surface area contributed by atoms with Crippen LogP contribution >= 0.6 is 0 Å². The van der Waals surface area contributed by atoms with Gasteiger partial charge in [0.25, 0.3) is 0 Å². The number of likely N-dealkylation sites (tertiary alicyclic amines) is 1. The van der Waals surface area contributed by atoms with E-state index in [-0.39, 0.29) is 11.7 Å². The summed E-state index contributed by atoms with van der Waals surface area (Å²) in [5.74, 6) is -0.556. The number of rotatable bonds is 3. The third-order valence-electron chi connectivity index (χ3n) is 4.78. The van der Waals surface area contributed by atoms with E-state index >= 15 is 0 Å². The van der Waals surface area contributed by atoms with E-state index in [4.69, 9.17) is 0 Å². The first-order valence-corrected chi connectivity index (χ1v) is 8.41. The maximum atomic E-state index is 13.9. The Labute approximate surface area is 144 Å². The minimum Gasteiger partial charge on any atom is -0.298 e. The van der Waals surface area contributed by atoms with Gasteiger partial charge in [-0.15, -0.1) is 0 Å². The molecule has 1 fully saturated rings. The summed E-state index contributed by atoms with van der Waals surface area (Å²) >= 11 is 0. The first kappa shape index (κ1) is 16.1. The van der Waals surface area contributed by atoms with Gasteiger partial charge in [0.05, 0.1) is 5.69 Å². The molecule has 25 heavy (non-hydrogen) atoms. The topological polar surface area (TPSA) is 46.8 Å². The highest BCUT2D eigenvalue weighted by atomic mass is 19.1. The van der Waals surface area contributed by atoms with Crippen LogP contribution in [-0.2, 0) is 13.6 Å². The average molecular weight is 343 g/mol. The van der Waals surface area contributed by atoms with E-state index in [1.165, 1.54) is 12.1 Å². The van der Waals surface area contributed by atoms with Gasteiger partial charge in [-0.1, -0.05) is 0 Å². The van der Waals surface area contributed by atoms with Crippen molar-refractivity contribution in [2.24, 2.45) is 7.05 Å². The van der Waals surface area contributed by atoms with E-state index in [9.17, 15) is 8.78 Å². The lowest BCUT2D eigenvalue weighted by molar-refractivity contribution is 0.196. The number of halogens is 2. The van der Waals surface area contributed by atoms with Crippen molar-refractivity contribution < 1.29 is 8.78 Å². The number of aryl methyl sites for hydroxylation is 1. The van der Waals surface area contributed by atoms with E-state index in [1.54, 1.807) is 17.1 Å². The second kappa shape index (κ2) is 6.48. The number of benzene rings is 1. The first-order valence-electron chi connectivity index (χ1n) is 8.41. The molecule has 2 aromatic heterocycles. The third-order valence-corrected chi connectivity index (χ3v) is 4.78. The van der Waals surface area contributed by atoms with Crippen LogP contribution < -0.4 is 0 Å². The van der Waals surface area contributed by atoms with Crippen LogP contribution in [0.3, 0.4) is 0 Å². The molecule has 0 spiro atoms. The fourth-order valence-electron chi connectivity index (χ4n) is 3.61. The molecule has 1 aliphatic heterocycles. The van der Waals surface area contributed by atoms with E-state index in [0.29, 0.717) is 12.1 Å². The molecule has 0 saturated carbocycles. The van der Waals surface area contributed by atoms with Gasteiger partial charge in [0.2, 0.25) is 0 Å². The summed E-state index contributed by atoms with van der Waals surface area (Å²) in [7, 11) is 1.86. The maximum absolute atomic E-state index is 13.9. The van der Waals surface area contributed by atoms with Gasteiger partial charge in [-0.05, 0) is 37.6 Å². The zero-order valence-electron chi connectivity index (χ0n) is 14.0. The summed E-state index contributed by atoms with van der Waals surface area (Å²) < 4.78 is 29.1. The Morgan fingerprint density at radius 3 is 2.92 bits per heavy atom. The number of aromatic nitrogens is 4. The lowest BCUT2D eigenvalue weighted by atomic mass is 9.94. The van der Waals surface area contributed by atoms with Crippen LogP contribution in [0.25, 0.3) is 11.2 Å². The van der Waals surface area contributed by atoms with Gasteiger partial charge in [0.15, 0.2) is 5.65 Å². The van der Waals surface area contributed by atoms with Crippen molar-refractivity contribution in [2.75, 3.05) is 13.1 Å². The molecular weight excluding hydrogens is 324 g/mol. The standard InChI is InChI=1S/C18H19F2N5/c1-24-18-17(21-6-7-22-18)16(23-24)12-3-2-8-25(10-12)11-13-9-14(19)4-5-15(13)20/h4-7,9,12H,2-3,8,10-11H2,1H3/t12-/m1/s1. The van der Waals surface area contributed by atoms with Gasteiger partial charge in [0, 0.05) is 44.0 Å². The van der Waals surface area contributed by atoms with Gasteiger partial charge in [-0.25, -0.2) is 23.4 Å². The normalized spacial score (nSPS) is 18.8. The van der Waals surface area contributed by atoms with Crippen molar-refractivity contribution in [1.82, 2.24) is 24.6 Å². The van der Waals surface area contributed by atoms with Crippen LogP contribution in [0.15, 0.2) is 30.6 Å². The molecule has 3 aromatic rings. The number of fused-ring (bicyclic) bond motifs is 1. The highest BCUT2D eigenvalue weighted by Gasteiger charge is 2.27. The molecule has 0 aliphatic carbocycles. The van der Waals surface area contributed by atoms with Crippen LogP contribution in [0.2, 0.25) is 0 Å². The third kappa shape index (κ3) is 3.11. The zero-order valence-corrected chi connectivity index (χ0v) is 14.0. The Morgan fingerprint density at radius 1 is 1.20 bits per heavy atom. The minimum absolute atomic E-state index is 0.214. The van der Waals surface area contributed by atoms with Crippen molar-refractivity contribution in [3.8, 4) is 0 Å². The van der Waals surface area contributed by atoms with Crippen LogP contribution in [0.4, 0.5) is 8.78 Å². The molecule has 1 saturated heterocycles. The molecule has 1 atom stereocenters. The van der Waals surface area contributed by atoms with Crippen molar-refractivity contribution in [3.05, 3.63) is 53.5 Å². The molecule has 0 amide bonds. The minimum atomic E-state index is -0.407. The highest BCUT2D eigenvalue weighted by molar-refractivity contribution is 5.73. The van der Waals surface area contributed by atoms with E-state index in [1.807, 2.05) is 7.05 Å². The molecule has 5 nitrogen and oxygen atoms in total. The largest absolute Gasteiger partial charge is 0.298 e. The summed E-state index contributed by atoms with van der Waals surface area (Å²) in [5, 5.41) is 4.62. The summed E-state index contributed by atoms with van der Waals surface area (Å²) in [6.45, 7) is 2.01. The predicted octanol–water partition coefficient (Wildman–Crippen LogP) is 3.02. The van der Waals surface area contributed by atoms with Gasteiger partial charge in [-0.3, -0.25) is 4.90 Å². The smallest absolute Gasteiger partial charge is 0.176 e. The SMILES string of the molecule is Cn1nc([C@@H]2CCCN(Cc3cc(F)ccc3F)C2)c2nccnc21. The number of nitrogens with zero attached hydrogens (tertiary/aromatic N) is 5. The van der Waals surface area contributed by atoms with E-state index < -0.39 is 5.82 Å². The molecule has 1 aliphatic rings. The summed E-state index contributed by atoms with van der Waals surface area (Å²) in [4.78, 5) is 10.9.